The Morgan fingerprint density at radius 3 is 2.52 bits per heavy atom. The van der Waals surface area contributed by atoms with E-state index in [4.69, 9.17) is 14.7 Å². The molecule has 0 bridgehead atoms. The van der Waals surface area contributed by atoms with Gasteiger partial charge in [-0.15, -0.1) is 0 Å². The van der Waals surface area contributed by atoms with Crippen LogP contribution in [0.2, 0.25) is 0 Å². The van der Waals surface area contributed by atoms with Gasteiger partial charge in [0.2, 0.25) is 0 Å². The van der Waals surface area contributed by atoms with Crippen LogP contribution in [0.15, 0.2) is 65.1 Å². The van der Waals surface area contributed by atoms with Gasteiger partial charge in [-0.05, 0) is 88.7 Å². The first-order valence-electron chi connectivity index (χ1n) is 9.50. The summed E-state index contributed by atoms with van der Waals surface area (Å²) in [5, 5.41) is 18.8. The van der Waals surface area contributed by atoms with Crippen LogP contribution in [-0.4, -0.2) is 6.61 Å². The zero-order chi connectivity index (χ0) is 22.2. The molecular formula is C25H18BrIN2O2. The molecule has 0 aliphatic carbocycles. The van der Waals surface area contributed by atoms with E-state index in [0.717, 1.165) is 19.2 Å². The Balaban J connectivity index is 1.93. The first kappa shape index (κ1) is 22.9. The van der Waals surface area contributed by atoms with Gasteiger partial charge in [0.15, 0.2) is 11.5 Å². The molecule has 0 N–H and O–H groups in total. The van der Waals surface area contributed by atoms with Crippen LogP contribution >= 0.6 is 38.5 Å². The maximum absolute atomic E-state index is 9.67. The number of nitriles is 2. The highest BCUT2D eigenvalue weighted by Gasteiger charge is 2.13. The second-order valence-electron chi connectivity index (χ2n) is 6.54. The molecule has 0 radical (unpaired) electrons. The Morgan fingerprint density at radius 1 is 1.06 bits per heavy atom. The number of benzene rings is 3. The summed E-state index contributed by atoms with van der Waals surface area (Å²) >= 11 is 5.65. The van der Waals surface area contributed by atoms with Crippen LogP contribution in [0.3, 0.4) is 0 Å². The molecule has 0 heterocycles. The van der Waals surface area contributed by atoms with E-state index in [-0.39, 0.29) is 0 Å². The molecule has 0 aliphatic rings. The molecule has 0 fully saturated rings. The molecule has 3 aromatic carbocycles. The second kappa shape index (κ2) is 11.0. The smallest absolute Gasteiger partial charge is 0.175 e. The Hall–Kier alpha value is -2.81. The average molecular weight is 585 g/mol. The van der Waals surface area contributed by atoms with Crippen molar-refractivity contribution in [2.24, 2.45) is 0 Å². The molecular weight excluding hydrogens is 567 g/mol. The quantitative estimate of drug-likeness (QED) is 0.171. The minimum atomic E-state index is 0.420. The van der Waals surface area contributed by atoms with Crippen LogP contribution < -0.4 is 9.47 Å². The van der Waals surface area contributed by atoms with E-state index in [2.05, 4.69) is 50.7 Å². The molecule has 0 unspecified atom stereocenters. The summed E-state index contributed by atoms with van der Waals surface area (Å²) in [6.07, 6.45) is 1.79. The van der Waals surface area contributed by atoms with Gasteiger partial charge in [-0.3, -0.25) is 0 Å². The van der Waals surface area contributed by atoms with Gasteiger partial charge >= 0.3 is 0 Å². The molecule has 31 heavy (non-hydrogen) atoms. The highest BCUT2D eigenvalue weighted by molar-refractivity contribution is 14.1. The van der Waals surface area contributed by atoms with E-state index in [1.807, 2.05) is 49.4 Å². The lowest BCUT2D eigenvalue weighted by molar-refractivity contribution is 0.267. The predicted octanol–water partition coefficient (Wildman–Crippen LogP) is 6.97. The zero-order valence-electron chi connectivity index (χ0n) is 16.7. The van der Waals surface area contributed by atoms with Gasteiger partial charge in [-0.1, -0.05) is 40.2 Å². The zero-order valence-corrected chi connectivity index (χ0v) is 20.5. The number of hydrogen-bond donors (Lipinski definition) is 0. The van der Waals surface area contributed by atoms with Crippen LogP contribution in [0, 0.1) is 26.2 Å². The molecule has 0 atom stereocenters. The van der Waals surface area contributed by atoms with Crippen molar-refractivity contribution >= 4 is 50.2 Å². The molecule has 0 aliphatic heterocycles. The van der Waals surface area contributed by atoms with Crippen molar-refractivity contribution in [3.63, 3.8) is 0 Å². The fourth-order valence-corrected chi connectivity index (χ4v) is 3.96. The van der Waals surface area contributed by atoms with Gasteiger partial charge < -0.3 is 9.47 Å². The summed E-state index contributed by atoms with van der Waals surface area (Å²) in [4.78, 5) is 0. The molecule has 6 heteroatoms. The van der Waals surface area contributed by atoms with E-state index in [1.165, 1.54) is 0 Å². The van der Waals surface area contributed by atoms with Crippen molar-refractivity contribution in [3.05, 3.63) is 91.0 Å². The molecule has 3 rings (SSSR count). The molecule has 0 saturated heterocycles. The minimum Gasteiger partial charge on any atom is -0.490 e. The fraction of sp³-hybridized carbons (Fsp3) is 0.120. The van der Waals surface area contributed by atoms with Crippen LogP contribution in [0.5, 0.6) is 11.5 Å². The van der Waals surface area contributed by atoms with Crippen molar-refractivity contribution in [1.82, 2.24) is 0 Å². The summed E-state index contributed by atoms with van der Waals surface area (Å²) in [6, 6.07) is 23.1. The van der Waals surface area contributed by atoms with Crippen molar-refractivity contribution < 1.29 is 9.47 Å². The maximum atomic E-state index is 9.67. The molecule has 0 aromatic heterocycles. The molecule has 0 amide bonds. The summed E-state index contributed by atoms with van der Waals surface area (Å²) in [5.41, 5.74) is 3.56. The third-order valence-corrected chi connectivity index (χ3v) is 5.69. The third kappa shape index (κ3) is 6.10. The predicted molar refractivity (Wildman–Crippen MR) is 133 cm³/mol. The lowest BCUT2D eigenvalue weighted by Gasteiger charge is -2.15. The van der Waals surface area contributed by atoms with Gasteiger partial charge in [-0.25, -0.2) is 0 Å². The molecule has 3 aromatic rings. The molecule has 0 spiro atoms. The monoisotopic (exact) mass is 584 g/mol. The lowest BCUT2D eigenvalue weighted by Crippen LogP contribution is -2.02. The summed E-state index contributed by atoms with van der Waals surface area (Å²) in [7, 11) is 0. The fourth-order valence-electron chi connectivity index (χ4n) is 2.91. The van der Waals surface area contributed by atoms with E-state index in [0.29, 0.717) is 41.4 Å². The van der Waals surface area contributed by atoms with E-state index < -0.39 is 0 Å². The summed E-state index contributed by atoms with van der Waals surface area (Å²) in [6.45, 7) is 2.83. The van der Waals surface area contributed by atoms with E-state index in [1.54, 1.807) is 24.3 Å². The van der Waals surface area contributed by atoms with Crippen LogP contribution in [0.1, 0.15) is 29.2 Å². The van der Waals surface area contributed by atoms with Crippen molar-refractivity contribution in [2.45, 2.75) is 13.5 Å². The number of nitrogens with zero attached hydrogens (tertiary/aromatic N) is 2. The normalized spacial score (nSPS) is 10.8. The molecule has 154 valence electrons. The topological polar surface area (TPSA) is 66.0 Å². The Labute approximate surface area is 204 Å². The van der Waals surface area contributed by atoms with Crippen LogP contribution in [-0.2, 0) is 6.61 Å². The van der Waals surface area contributed by atoms with E-state index in [9.17, 15) is 5.26 Å². The van der Waals surface area contributed by atoms with Crippen molar-refractivity contribution in [2.75, 3.05) is 6.61 Å². The second-order valence-corrected chi connectivity index (χ2v) is 8.62. The SMILES string of the molecule is CCOc1cc(/C=C(/C#N)c2cccc(C#N)c2)cc(I)c1OCc1ccc(Br)cc1. The summed E-state index contributed by atoms with van der Waals surface area (Å²) in [5.74, 6) is 1.30. The van der Waals surface area contributed by atoms with Crippen LogP contribution in [0.4, 0.5) is 0 Å². The number of allylic oxidation sites excluding steroid dienone is 1. The van der Waals surface area contributed by atoms with Crippen LogP contribution in [0.25, 0.3) is 11.6 Å². The average Bonchev–Trinajstić information content (AvgIpc) is 2.78. The Kier molecular flexibility index (Phi) is 8.11. The Morgan fingerprint density at radius 2 is 1.84 bits per heavy atom. The number of hydrogen-bond acceptors (Lipinski definition) is 4. The van der Waals surface area contributed by atoms with Gasteiger partial charge in [0.1, 0.15) is 6.61 Å². The van der Waals surface area contributed by atoms with Gasteiger partial charge in [0.05, 0.1) is 33.5 Å². The standard InChI is InChI=1S/C25H18BrIN2O2/c1-2-30-24-13-19(11-21(15-29)20-5-3-4-18(10-20)14-28)12-23(27)25(24)31-16-17-6-8-22(26)9-7-17/h3-13H,2,16H2,1H3/b21-11-. The number of ether oxygens (including phenoxy) is 2. The Bertz CT molecular complexity index is 1190. The third-order valence-electron chi connectivity index (χ3n) is 4.36. The largest absolute Gasteiger partial charge is 0.490 e. The first-order chi connectivity index (χ1) is 15.0. The summed E-state index contributed by atoms with van der Waals surface area (Å²) < 4.78 is 13.8. The van der Waals surface area contributed by atoms with E-state index >= 15 is 0 Å². The number of rotatable bonds is 7. The highest BCUT2D eigenvalue weighted by atomic mass is 127. The van der Waals surface area contributed by atoms with Gasteiger partial charge in [-0.2, -0.15) is 10.5 Å². The maximum Gasteiger partial charge on any atom is 0.175 e. The molecule has 0 saturated carbocycles. The minimum absolute atomic E-state index is 0.420. The lowest BCUT2D eigenvalue weighted by atomic mass is 10.0. The van der Waals surface area contributed by atoms with Crippen molar-refractivity contribution in [1.29, 1.82) is 10.5 Å². The first-order valence-corrected chi connectivity index (χ1v) is 11.4. The molecule has 4 nitrogen and oxygen atoms in total. The highest BCUT2D eigenvalue weighted by Crippen LogP contribution is 2.36. The van der Waals surface area contributed by atoms with Crippen molar-refractivity contribution in [3.8, 4) is 23.6 Å². The number of halogens is 2. The van der Waals surface area contributed by atoms with Gasteiger partial charge in [0, 0.05) is 4.47 Å². The van der Waals surface area contributed by atoms with Gasteiger partial charge in [0.25, 0.3) is 0 Å².